The van der Waals surface area contributed by atoms with E-state index in [2.05, 4.69) is 15.7 Å². The minimum absolute atomic E-state index is 0. The molecule has 2 N–H and O–H groups in total. The summed E-state index contributed by atoms with van der Waals surface area (Å²) < 4.78 is 12.5. The van der Waals surface area contributed by atoms with E-state index < -0.39 is 0 Å². The number of aryl methyl sites for hydroxylation is 1. The molecule has 7 nitrogen and oxygen atoms in total. The van der Waals surface area contributed by atoms with Gasteiger partial charge in [0.15, 0.2) is 5.96 Å². The number of furan rings is 1. The lowest BCUT2D eigenvalue weighted by Crippen LogP contribution is -2.39. The average Bonchev–Trinajstić information content (AvgIpc) is 3.43. The van der Waals surface area contributed by atoms with Crippen molar-refractivity contribution < 1.29 is 9.15 Å². The second-order valence-corrected chi connectivity index (χ2v) is 6.32. The third-order valence-electron chi connectivity index (χ3n) is 4.24. The number of nitrogens with one attached hydrogen (secondary N) is 2. The summed E-state index contributed by atoms with van der Waals surface area (Å²) in [6.45, 7) is 3.04. The Hall–Kier alpha value is -2.49. The third kappa shape index (κ3) is 8.18. The second-order valence-electron chi connectivity index (χ2n) is 6.32. The van der Waals surface area contributed by atoms with Crippen molar-refractivity contribution in [3.63, 3.8) is 0 Å². The maximum absolute atomic E-state index is 5.38. The van der Waals surface area contributed by atoms with Gasteiger partial charge in [-0.05, 0) is 42.3 Å². The van der Waals surface area contributed by atoms with Crippen LogP contribution in [0, 0.1) is 0 Å². The molecule has 0 amide bonds. The summed E-state index contributed by atoms with van der Waals surface area (Å²) in [5.41, 5.74) is 1.13. The van der Waals surface area contributed by atoms with Gasteiger partial charge in [-0.25, -0.2) is 4.99 Å². The zero-order chi connectivity index (χ0) is 19.4. The first-order valence-electron chi connectivity index (χ1n) is 9.48. The van der Waals surface area contributed by atoms with Gasteiger partial charge in [0.2, 0.25) is 0 Å². The number of rotatable bonds is 10. The van der Waals surface area contributed by atoms with Crippen LogP contribution in [0.4, 0.5) is 0 Å². The standard InChI is InChI=1S/C21H27N5O2.HI/c1-27-19-8-6-18(7-9-19)17-24-21(23-13-10-20-5-2-16-28-20)22-11-3-14-26-15-4-12-25-26;/h2,4-9,12,15-16H,3,10-11,13-14,17H2,1H3,(H2,22,23,24);1H. The minimum Gasteiger partial charge on any atom is -0.497 e. The first-order valence-corrected chi connectivity index (χ1v) is 9.48. The highest BCUT2D eigenvalue weighted by Gasteiger charge is 2.02. The molecule has 0 unspecified atom stereocenters. The van der Waals surface area contributed by atoms with Crippen LogP contribution in [0.5, 0.6) is 5.75 Å². The molecule has 0 aliphatic rings. The molecule has 0 bridgehead atoms. The molecule has 1 aromatic carbocycles. The van der Waals surface area contributed by atoms with Crippen molar-refractivity contribution in [2.45, 2.75) is 25.9 Å². The summed E-state index contributed by atoms with van der Waals surface area (Å²) in [7, 11) is 1.67. The summed E-state index contributed by atoms with van der Waals surface area (Å²) in [4.78, 5) is 4.70. The van der Waals surface area contributed by atoms with Gasteiger partial charge in [-0.3, -0.25) is 4.68 Å². The van der Waals surface area contributed by atoms with Crippen LogP contribution in [-0.4, -0.2) is 35.9 Å². The summed E-state index contributed by atoms with van der Waals surface area (Å²) in [6.07, 6.45) is 7.24. The number of ether oxygens (including phenoxy) is 1. The number of halogens is 1. The molecule has 2 aromatic heterocycles. The van der Waals surface area contributed by atoms with Crippen LogP contribution < -0.4 is 15.4 Å². The Kier molecular flexibility index (Phi) is 10.1. The van der Waals surface area contributed by atoms with Crippen molar-refractivity contribution in [1.82, 2.24) is 20.4 Å². The molecule has 0 saturated heterocycles. The average molecular weight is 509 g/mol. The summed E-state index contributed by atoms with van der Waals surface area (Å²) in [5.74, 6) is 2.60. The van der Waals surface area contributed by atoms with Crippen LogP contribution in [0.3, 0.4) is 0 Å². The highest BCUT2D eigenvalue weighted by Crippen LogP contribution is 2.11. The molecule has 0 aliphatic heterocycles. The number of hydrogen-bond acceptors (Lipinski definition) is 4. The predicted octanol–water partition coefficient (Wildman–Crippen LogP) is 3.47. The van der Waals surface area contributed by atoms with Crippen LogP contribution in [0.1, 0.15) is 17.7 Å². The van der Waals surface area contributed by atoms with Crippen molar-refractivity contribution in [1.29, 1.82) is 0 Å². The summed E-state index contributed by atoms with van der Waals surface area (Å²) in [5, 5.41) is 11.0. The molecule has 156 valence electrons. The van der Waals surface area contributed by atoms with E-state index in [1.54, 1.807) is 19.6 Å². The topological polar surface area (TPSA) is 76.6 Å². The van der Waals surface area contributed by atoms with Gasteiger partial charge in [-0.15, -0.1) is 24.0 Å². The van der Waals surface area contributed by atoms with Crippen LogP contribution in [0.15, 0.2) is 70.5 Å². The molecular formula is C21H28IN5O2. The Balaban J connectivity index is 0.00000300. The number of methoxy groups -OCH3 is 1. The van der Waals surface area contributed by atoms with Gasteiger partial charge in [0.25, 0.3) is 0 Å². The van der Waals surface area contributed by atoms with Gasteiger partial charge in [0.05, 0.1) is 19.9 Å². The van der Waals surface area contributed by atoms with Crippen LogP contribution in [0.25, 0.3) is 0 Å². The fourth-order valence-electron chi connectivity index (χ4n) is 2.72. The van der Waals surface area contributed by atoms with Crippen molar-refractivity contribution in [3.05, 3.63) is 72.4 Å². The highest BCUT2D eigenvalue weighted by atomic mass is 127. The maximum Gasteiger partial charge on any atom is 0.191 e. The fourth-order valence-corrected chi connectivity index (χ4v) is 2.72. The fraction of sp³-hybridized carbons (Fsp3) is 0.333. The molecule has 2 heterocycles. The Morgan fingerprint density at radius 3 is 2.66 bits per heavy atom. The monoisotopic (exact) mass is 509 g/mol. The number of aromatic nitrogens is 2. The molecule has 8 heteroatoms. The first kappa shape index (κ1) is 22.8. The molecule has 0 radical (unpaired) electrons. The van der Waals surface area contributed by atoms with Crippen molar-refractivity contribution in [2.75, 3.05) is 20.2 Å². The Labute approximate surface area is 188 Å². The van der Waals surface area contributed by atoms with Gasteiger partial charge < -0.3 is 19.8 Å². The molecule has 0 spiro atoms. The van der Waals surface area contributed by atoms with Crippen LogP contribution in [0.2, 0.25) is 0 Å². The van der Waals surface area contributed by atoms with E-state index in [9.17, 15) is 0 Å². The normalized spacial score (nSPS) is 11.0. The van der Waals surface area contributed by atoms with Crippen molar-refractivity contribution in [2.24, 2.45) is 4.99 Å². The van der Waals surface area contributed by atoms with E-state index in [-0.39, 0.29) is 24.0 Å². The first-order chi connectivity index (χ1) is 13.8. The second kappa shape index (κ2) is 12.9. The van der Waals surface area contributed by atoms with Gasteiger partial charge in [-0.2, -0.15) is 5.10 Å². The molecule has 0 fully saturated rings. The number of aliphatic imine (C=N–C) groups is 1. The van der Waals surface area contributed by atoms with E-state index in [0.717, 1.165) is 55.5 Å². The number of benzene rings is 1. The van der Waals surface area contributed by atoms with Crippen LogP contribution in [-0.2, 0) is 19.5 Å². The maximum atomic E-state index is 5.38. The Morgan fingerprint density at radius 1 is 1.14 bits per heavy atom. The van der Waals surface area contributed by atoms with Gasteiger partial charge in [0, 0.05) is 38.4 Å². The molecule has 0 aliphatic carbocycles. The zero-order valence-electron chi connectivity index (χ0n) is 16.6. The Bertz CT molecular complexity index is 817. The summed E-state index contributed by atoms with van der Waals surface area (Å²) >= 11 is 0. The number of guanidine groups is 1. The number of nitrogens with zero attached hydrogens (tertiary/aromatic N) is 3. The smallest absolute Gasteiger partial charge is 0.191 e. The van der Waals surface area contributed by atoms with E-state index in [4.69, 9.17) is 14.1 Å². The van der Waals surface area contributed by atoms with E-state index in [1.165, 1.54) is 0 Å². The van der Waals surface area contributed by atoms with Crippen molar-refractivity contribution in [3.8, 4) is 5.75 Å². The van der Waals surface area contributed by atoms with Gasteiger partial charge in [-0.1, -0.05) is 12.1 Å². The lowest BCUT2D eigenvalue weighted by atomic mass is 10.2. The van der Waals surface area contributed by atoms with Crippen LogP contribution >= 0.6 is 24.0 Å². The molecule has 3 aromatic rings. The quantitative estimate of drug-likeness (QED) is 0.190. The van der Waals surface area contributed by atoms with E-state index >= 15 is 0 Å². The molecule has 3 rings (SSSR count). The largest absolute Gasteiger partial charge is 0.497 e. The number of hydrogen-bond donors (Lipinski definition) is 2. The summed E-state index contributed by atoms with van der Waals surface area (Å²) in [6, 6.07) is 13.8. The Morgan fingerprint density at radius 2 is 1.97 bits per heavy atom. The molecule has 0 atom stereocenters. The lowest BCUT2D eigenvalue weighted by Gasteiger charge is -2.12. The zero-order valence-corrected chi connectivity index (χ0v) is 18.9. The van der Waals surface area contributed by atoms with Gasteiger partial charge >= 0.3 is 0 Å². The van der Waals surface area contributed by atoms with E-state index in [0.29, 0.717) is 6.54 Å². The molecule has 29 heavy (non-hydrogen) atoms. The lowest BCUT2D eigenvalue weighted by molar-refractivity contribution is 0.414. The molecular weight excluding hydrogens is 481 g/mol. The van der Waals surface area contributed by atoms with E-state index in [1.807, 2.05) is 53.3 Å². The predicted molar refractivity (Wildman–Crippen MR) is 125 cm³/mol. The van der Waals surface area contributed by atoms with Gasteiger partial charge in [0.1, 0.15) is 11.5 Å². The highest BCUT2D eigenvalue weighted by molar-refractivity contribution is 14.0. The van der Waals surface area contributed by atoms with Crippen molar-refractivity contribution >= 4 is 29.9 Å². The molecule has 0 saturated carbocycles. The minimum atomic E-state index is 0. The SMILES string of the molecule is COc1ccc(CN=C(NCCCn2cccn2)NCCc2ccco2)cc1.I. The third-order valence-corrected chi connectivity index (χ3v) is 4.24.